The first-order valence-electron chi connectivity index (χ1n) is 12.5. The van der Waals surface area contributed by atoms with Gasteiger partial charge in [0, 0.05) is 12.8 Å². The Hall–Kier alpha value is -0.590. The molecule has 4 aliphatic rings. The van der Waals surface area contributed by atoms with Crippen LogP contribution in [0.25, 0.3) is 0 Å². The number of carbonyl (C=O) groups excluding carboxylic acids is 1. The maximum Gasteiger partial charge on any atom is 0.136 e. The fourth-order valence-electron chi connectivity index (χ4n) is 8.50. The number of ketones is 1. The predicted molar refractivity (Wildman–Crippen MR) is 118 cm³/mol. The lowest BCUT2D eigenvalue weighted by Gasteiger charge is -2.58. The predicted octanol–water partition coefficient (Wildman–Crippen LogP) is 7.60. The number of rotatable bonds is 5. The van der Waals surface area contributed by atoms with Crippen LogP contribution in [0, 0.1) is 46.3 Å². The number of Topliss-reactive ketones (excluding diaryl/α,β-unsaturated/α-hetero) is 1. The Morgan fingerprint density at radius 3 is 2.57 bits per heavy atom. The fraction of sp³-hybridized carbons (Fsp3) is 0.889. The molecular weight excluding hydrogens is 340 g/mol. The van der Waals surface area contributed by atoms with E-state index in [0.717, 1.165) is 54.8 Å². The summed E-state index contributed by atoms with van der Waals surface area (Å²) < 4.78 is 0. The van der Waals surface area contributed by atoms with Gasteiger partial charge < -0.3 is 0 Å². The zero-order chi connectivity index (χ0) is 20.1. The number of fused-ring (bicyclic) bond motifs is 5. The molecule has 0 aromatic heterocycles. The molecule has 0 unspecified atom stereocenters. The summed E-state index contributed by atoms with van der Waals surface area (Å²) in [6.45, 7) is 12.5. The Balaban J connectivity index is 1.50. The van der Waals surface area contributed by atoms with Gasteiger partial charge in [-0.15, -0.1) is 0 Å². The van der Waals surface area contributed by atoms with Gasteiger partial charge >= 0.3 is 0 Å². The minimum Gasteiger partial charge on any atom is -0.299 e. The molecule has 7 atom stereocenters. The van der Waals surface area contributed by atoms with Crippen molar-refractivity contribution in [3.05, 3.63) is 11.6 Å². The van der Waals surface area contributed by atoms with Crippen LogP contribution in [0.15, 0.2) is 11.6 Å². The lowest BCUT2D eigenvalue weighted by Crippen LogP contribution is -2.50. The van der Waals surface area contributed by atoms with Gasteiger partial charge in [-0.05, 0) is 84.9 Å². The first-order chi connectivity index (χ1) is 13.3. The first-order valence-corrected chi connectivity index (χ1v) is 12.5. The molecule has 0 aliphatic heterocycles. The van der Waals surface area contributed by atoms with Crippen molar-refractivity contribution in [2.45, 2.75) is 105 Å². The molecule has 28 heavy (non-hydrogen) atoms. The molecule has 4 aliphatic carbocycles. The van der Waals surface area contributed by atoms with Crippen molar-refractivity contribution in [3.8, 4) is 0 Å². The van der Waals surface area contributed by atoms with Gasteiger partial charge in [0.2, 0.25) is 0 Å². The van der Waals surface area contributed by atoms with Crippen LogP contribution < -0.4 is 0 Å². The van der Waals surface area contributed by atoms with E-state index < -0.39 is 0 Å². The Morgan fingerprint density at radius 1 is 1.04 bits per heavy atom. The summed E-state index contributed by atoms with van der Waals surface area (Å²) in [5, 5.41) is 0. The van der Waals surface area contributed by atoms with Crippen molar-refractivity contribution in [2.24, 2.45) is 46.3 Å². The third-order valence-electron chi connectivity index (χ3n) is 10.1. The normalized spacial score (nSPS) is 43.9. The molecule has 0 spiro atoms. The lowest BCUT2D eigenvalue weighted by atomic mass is 9.47. The molecule has 0 aromatic rings. The molecule has 3 fully saturated rings. The molecular formula is C27H44O. The highest BCUT2D eigenvalue weighted by molar-refractivity contribution is 5.82. The average Bonchev–Trinajstić information content (AvgIpc) is 2.99. The second kappa shape index (κ2) is 7.59. The minimum atomic E-state index is 0.332. The first kappa shape index (κ1) is 20.7. The summed E-state index contributed by atoms with van der Waals surface area (Å²) in [7, 11) is 0. The molecule has 1 nitrogen and oxygen atoms in total. The SMILES string of the molecule is CC(C)CCC[C@H](C)[C@@H]1CC[C@H]2[C@@H]3CC=C4CC(=O)CC[C@]4(C)[C@@H]3CC[C@@]21C. The summed E-state index contributed by atoms with van der Waals surface area (Å²) >= 11 is 0. The molecule has 0 bridgehead atoms. The number of hydrogen-bond donors (Lipinski definition) is 0. The standard InChI is InChI=1S/C27H44O/c1-18(2)7-6-8-19(3)23-11-12-24-22-10-9-20-17-21(28)13-15-26(20,4)25(22)14-16-27(23,24)5/h9,18-19,22-25H,6-8,10-17H2,1-5H3/t19-,22-,23-,24-,25+,26-,27+/m0/s1. The molecule has 158 valence electrons. The van der Waals surface area contributed by atoms with Gasteiger partial charge in [-0.2, -0.15) is 0 Å². The quantitative estimate of drug-likeness (QED) is 0.446. The van der Waals surface area contributed by atoms with Crippen molar-refractivity contribution in [3.63, 3.8) is 0 Å². The lowest BCUT2D eigenvalue weighted by molar-refractivity contribution is -0.122. The van der Waals surface area contributed by atoms with Crippen LogP contribution in [0.1, 0.15) is 105 Å². The van der Waals surface area contributed by atoms with Gasteiger partial charge in [0.25, 0.3) is 0 Å². The monoisotopic (exact) mass is 384 g/mol. The van der Waals surface area contributed by atoms with E-state index in [-0.39, 0.29) is 0 Å². The summed E-state index contributed by atoms with van der Waals surface area (Å²) in [6, 6.07) is 0. The summed E-state index contributed by atoms with van der Waals surface area (Å²) in [5.41, 5.74) is 2.43. The van der Waals surface area contributed by atoms with Crippen molar-refractivity contribution in [1.82, 2.24) is 0 Å². The van der Waals surface area contributed by atoms with E-state index in [9.17, 15) is 4.79 Å². The van der Waals surface area contributed by atoms with E-state index in [4.69, 9.17) is 0 Å². The van der Waals surface area contributed by atoms with Crippen molar-refractivity contribution in [2.75, 3.05) is 0 Å². The average molecular weight is 385 g/mol. The molecule has 4 rings (SSSR count). The topological polar surface area (TPSA) is 17.1 Å². The van der Waals surface area contributed by atoms with Gasteiger partial charge in [0.1, 0.15) is 5.78 Å². The van der Waals surface area contributed by atoms with E-state index in [1.807, 2.05) is 0 Å². The molecule has 0 radical (unpaired) electrons. The smallest absolute Gasteiger partial charge is 0.136 e. The van der Waals surface area contributed by atoms with Gasteiger partial charge in [0.15, 0.2) is 0 Å². The van der Waals surface area contributed by atoms with E-state index in [0.29, 0.717) is 16.6 Å². The van der Waals surface area contributed by atoms with Gasteiger partial charge in [-0.3, -0.25) is 4.79 Å². The van der Waals surface area contributed by atoms with Crippen LogP contribution in [0.3, 0.4) is 0 Å². The van der Waals surface area contributed by atoms with Gasteiger partial charge in [-0.25, -0.2) is 0 Å². The summed E-state index contributed by atoms with van der Waals surface area (Å²) in [5.74, 6) is 5.82. The Bertz CT molecular complexity index is 630. The van der Waals surface area contributed by atoms with E-state index in [1.54, 1.807) is 0 Å². The van der Waals surface area contributed by atoms with Gasteiger partial charge in [0.05, 0.1) is 0 Å². The van der Waals surface area contributed by atoms with E-state index in [2.05, 4.69) is 40.7 Å². The highest BCUT2D eigenvalue weighted by Crippen LogP contribution is 2.67. The maximum atomic E-state index is 12.1. The van der Waals surface area contributed by atoms with Crippen LogP contribution in [0.4, 0.5) is 0 Å². The minimum absolute atomic E-state index is 0.332. The maximum absolute atomic E-state index is 12.1. The third kappa shape index (κ3) is 3.33. The molecule has 0 N–H and O–H groups in total. The fourth-order valence-corrected chi connectivity index (χ4v) is 8.50. The largest absolute Gasteiger partial charge is 0.299 e. The highest BCUT2D eigenvalue weighted by Gasteiger charge is 2.59. The zero-order valence-electron chi connectivity index (χ0n) is 19.2. The summed E-state index contributed by atoms with van der Waals surface area (Å²) in [4.78, 5) is 12.1. The van der Waals surface area contributed by atoms with Crippen LogP contribution >= 0.6 is 0 Å². The molecule has 0 amide bonds. The molecule has 0 heterocycles. The molecule has 1 heteroatoms. The molecule has 3 saturated carbocycles. The van der Waals surface area contributed by atoms with Crippen LogP contribution in [0.2, 0.25) is 0 Å². The van der Waals surface area contributed by atoms with Crippen molar-refractivity contribution in [1.29, 1.82) is 0 Å². The number of hydrogen-bond acceptors (Lipinski definition) is 1. The number of carbonyl (C=O) groups is 1. The van der Waals surface area contributed by atoms with Crippen LogP contribution in [-0.2, 0) is 4.79 Å². The van der Waals surface area contributed by atoms with Crippen LogP contribution in [-0.4, -0.2) is 5.78 Å². The second-order valence-corrected chi connectivity index (χ2v) is 12.0. The highest BCUT2D eigenvalue weighted by atomic mass is 16.1. The zero-order valence-corrected chi connectivity index (χ0v) is 19.2. The van der Waals surface area contributed by atoms with E-state index >= 15 is 0 Å². The third-order valence-corrected chi connectivity index (χ3v) is 10.1. The van der Waals surface area contributed by atoms with Crippen LogP contribution in [0.5, 0.6) is 0 Å². The molecule has 0 aromatic carbocycles. The molecule has 0 saturated heterocycles. The van der Waals surface area contributed by atoms with Crippen molar-refractivity contribution >= 4 is 5.78 Å². The van der Waals surface area contributed by atoms with E-state index in [1.165, 1.54) is 56.9 Å². The second-order valence-electron chi connectivity index (χ2n) is 12.0. The Morgan fingerprint density at radius 2 is 1.82 bits per heavy atom. The van der Waals surface area contributed by atoms with Gasteiger partial charge in [-0.1, -0.05) is 65.5 Å². The summed E-state index contributed by atoms with van der Waals surface area (Å²) in [6.07, 6.45) is 16.5. The van der Waals surface area contributed by atoms with Crippen molar-refractivity contribution < 1.29 is 4.79 Å². The number of allylic oxidation sites excluding steroid dienone is 2. The Labute approximate surface area is 174 Å². The Kier molecular flexibility index (Phi) is 5.60.